The normalized spacial score (nSPS) is 14.0. The van der Waals surface area contributed by atoms with Gasteiger partial charge in [-0.3, -0.25) is 20.2 Å². The molecule has 33 heavy (non-hydrogen) atoms. The Morgan fingerprint density at radius 3 is 2.03 bits per heavy atom. The monoisotopic (exact) mass is 444 g/mol. The molecule has 0 amide bonds. The lowest BCUT2D eigenvalue weighted by atomic mass is 10.1. The number of nitro groups is 2. The molecular formula is C23H16N4O6. The smallest absolute Gasteiger partial charge is 0.363 e. The number of rotatable bonds is 6. The Labute approximate surface area is 187 Å². The largest absolute Gasteiger partial charge is 0.402 e. The van der Waals surface area contributed by atoms with Crippen LogP contribution in [0.15, 0.2) is 83.5 Å². The minimum absolute atomic E-state index is 0.0247. The van der Waals surface area contributed by atoms with Crippen LogP contribution < -0.4 is 4.90 Å². The number of esters is 1. The number of hydrogen-bond donors (Lipinski definition) is 0. The van der Waals surface area contributed by atoms with E-state index in [-0.39, 0.29) is 17.2 Å². The average Bonchev–Trinajstić information content (AvgIpc) is 3.19. The minimum Gasteiger partial charge on any atom is -0.402 e. The van der Waals surface area contributed by atoms with E-state index in [0.29, 0.717) is 5.56 Å². The number of cyclic esters (lactones) is 1. The highest BCUT2D eigenvalue weighted by molar-refractivity contribution is 6.13. The van der Waals surface area contributed by atoms with Gasteiger partial charge in [-0.05, 0) is 35.9 Å². The maximum Gasteiger partial charge on any atom is 0.363 e. The fraction of sp³-hybridized carbons (Fsp3) is 0.0435. The van der Waals surface area contributed by atoms with E-state index in [2.05, 4.69) is 4.99 Å². The van der Waals surface area contributed by atoms with Crippen molar-refractivity contribution in [1.29, 1.82) is 0 Å². The summed E-state index contributed by atoms with van der Waals surface area (Å²) < 4.78 is 5.11. The first-order valence-electron chi connectivity index (χ1n) is 9.67. The van der Waals surface area contributed by atoms with Crippen molar-refractivity contribution in [2.45, 2.75) is 0 Å². The van der Waals surface area contributed by atoms with Gasteiger partial charge in [0.25, 0.3) is 11.4 Å². The summed E-state index contributed by atoms with van der Waals surface area (Å²) in [5.74, 6) is -0.997. The number of nitro benzene ring substituents is 2. The van der Waals surface area contributed by atoms with Crippen molar-refractivity contribution in [3.05, 3.63) is 110 Å². The third kappa shape index (κ3) is 4.59. The van der Waals surface area contributed by atoms with Crippen molar-refractivity contribution in [3.63, 3.8) is 0 Å². The van der Waals surface area contributed by atoms with E-state index in [4.69, 9.17) is 4.74 Å². The van der Waals surface area contributed by atoms with Gasteiger partial charge in [0, 0.05) is 30.6 Å². The van der Waals surface area contributed by atoms with E-state index >= 15 is 0 Å². The Balaban J connectivity index is 1.61. The van der Waals surface area contributed by atoms with E-state index < -0.39 is 27.2 Å². The zero-order chi connectivity index (χ0) is 23.5. The van der Waals surface area contributed by atoms with Gasteiger partial charge >= 0.3 is 5.97 Å². The number of anilines is 2. The van der Waals surface area contributed by atoms with Crippen LogP contribution in [0.25, 0.3) is 6.08 Å². The number of aliphatic imine (C=N–C) groups is 1. The summed E-state index contributed by atoms with van der Waals surface area (Å²) in [7, 11) is 1.94. The van der Waals surface area contributed by atoms with E-state index in [1.54, 1.807) is 12.1 Å². The van der Waals surface area contributed by atoms with Crippen molar-refractivity contribution < 1.29 is 19.4 Å². The maximum absolute atomic E-state index is 12.3. The molecule has 3 aromatic carbocycles. The van der Waals surface area contributed by atoms with Crippen molar-refractivity contribution in [1.82, 2.24) is 0 Å². The topological polar surface area (TPSA) is 128 Å². The van der Waals surface area contributed by atoms with Crippen molar-refractivity contribution in [2.24, 2.45) is 4.99 Å². The second-order valence-electron chi connectivity index (χ2n) is 7.07. The molecule has 0 spiro atoms. The van der Waals surface area contributed by atoms with Gasteiger partial charge in [-0.1, -0.05) is 30.3 Å². The lowest BCUT2D eigenvalue weighted by Gasteiger charge is -2.19. The number of carbonyl (C=O) groups is 1. The van der Waals surface area contributed by atoms with Crippen LogP contribution in [-0.4, -0.2) is 28.8 Å². The zero-order valence-corrected chi connectivity index (χ0v) is 17.2. The third-order valence-electron chi connectivity index (χ3n) is 4.92. The molecule has 1 aliphatic heterocycles. The van der Waals surface area contributed by atoms with E-state index in [1.807, 2.05) is 54.4 Å². The Hall–Kier alpha value is -4.86. The summed E-state index contributed by atoms with van der Waals surface area (Å²) in [5.41, 5.74) is 1.56. The van der Waals surface area contributed by atoms with Gasteiger partial charge in [0.2, 0.25) is 5.90 Å². The summed E-state index contributed by atoms with van der Waals surface area (Å²) in [5, 5.41) is 22.2. The molecule has 10 heteroatoms. The molecular weight excluding hydrogens is 428 g/mol. The van der Waals surface area contributed by atoms with Gasteiger partial charge < -0.3 is 9.64 Å². The quantitative estimate of drug-likeness (QED) is 0.235. The average molecular weight is 444 g/mol. The molecule has 0 N–H and O–H groups in total. The molecule has 164 valence electrons. The summed E-state index contributed by atoms with van der Waals surface area (Å²) in [6.45, 7) is 0. The number of para-hydroxylation sites is 1. The first kappa shape index (κ1) is 21.4. The molecule has 0 radical (unpaired) electrons. The van der Waals surface area contributed by atoms with Crippen LogP contribution in [0.5, 0.6) is 0 Å². The molecule has 1 aliphatic rings. The Kier molecular flexibility index (Phi) is 5.64. The SMILES string of the molecule is CN(c1ccccc1)c1ccc(/C=C2\N=C(c3cc([N+](=O)[O-])cc([N+](=O)[O-])c3)OC2=O)cc1. The molecule has 0 aromatic heterocycles. The molecule has 0 saturated carbocycles. The van der Waals surface area contributed by atoms with Gasteiger partial charge in [0.05, 0.1) is 21.5 Å². The molecule has 0 bridgehead atoms. The minimum atomic E-state index is -0.765. The number of nitrogens with zero attached hydrogens (tertiary/aromatic N) is 4. The Morgan fingerprint density at radius 2 is 1.45 bits per heavy atom. The van der Waals surface area contributed by atoms with Crippen LogP contribution >= 0.6 is 0 Å². The van der Waals surface area contributed by atoms with Crippen molar-refractivity contribution in [2.75, 3.05) is 11.9 Å². The summed E-state index contributed by atoms with van der Waals surface area (Å²) in [6, 6.07) is 20.1. The van der Waals surface area contributed by atoms with E-state index in [9.17, 15) is 25.0 Å². The number of carbonyl (C=O) groups excluding carboxylic acids is 1. The van der Waals surface area contributed by atoms with Crippen LogP contribution in [0.2, 0.25) is 0 Å². The zero-order valence-electron chi connectivity index (χ0n) is 17.2. The fourth-order valence-corrected chi connectivity index (χ4v) is 3.21. The summed E-state index contributed by atoms with van der Waals surface area (Å²) >= 11 is 0. The van der Waals surface area contributed by atoms with Crippen LogP contribution in [0.3, 0.4) is 0 Å². The second kappa shape index (κ2) is 8.71. The Morgan fingerprint density at radius 1 is 0.879 bits per heavy atom. The standard InChI is InChI=1S/C23H16N4O6/c1-25(17-5-3-2-4-6-17)18-9-7-15(8-10-18)11-21-23(28)33-22(24-21)16-12-19(26(29)30)14-20(13-16)27(31)32/h2-14H,1H3/b21-11-. The highest BCUT2D eigenvalue weighted by Gasteiger charge is 2.27. The molecule has 0 saturated heterocycles. The molecule has 0 atom stereocenters. The van der Waals surface area contributed by atoms with Crippen molar-refractivity contribution >= 4 is 40.7 Å². The summed E-state index contributed by atoms with van der Waals surface area (Å²) in [4.78, 5) is 39.0. The molecule has 0 fully saturated rings. The molecule has 10 nitrogen and oxygen atoms in total. The lowest BCUT2D eigenvalue weighted by Crippen LogP contribution is -2.08. The summed E-state index contributed by atoms with van der Waals surface area (Å²) in [6.07, 6.45) is 1.51. The van der Waals surface area contributed by atoms with Crippen LogP contribution in [0.1, 0.15) is 11.1 Å². The first-order valence-corrected chi connectivity index (χ1v) is 9.67. The van der Waals surface area contributed by atoms with Gasteiger partial charge in [-0.15, -0.1) is 0 Å². The van der Waals surface area contributed by atoms with E-state index in [1.165, 1.54) is 6.08 Å². The molecule has 3 aromatic rings. The predicted octanol–water partition coefficient (Wildman–Crippen LogP) is 4.62. The maximum atomic E-state index is 12.3. The van der Waals surface area contributed by atoms with Gasteiger partial charge in [-0.2, -0.15) is 0 Å². The van der Waals surface area contributed by atoms with Crippen LogP contribution in [-0.2, 0) is 9.53 Å². The predicted molar refractivity (Wildman–Crippen MR) is 121 cm³/mol. The van der Waals surface area contributed by atoms with Gasteiger partial charge in [0.1, 0.15) is 0 Å². The lowest BCUT2D eigenvalue weighted by molar-refractivity contribution is -0.394. The highest BCUT2D eigenvalue weighted by atomic mass is 16.6. The molecule has 0 unspecified atom stereocenters. The Bertz CT molecular complexity index is 1280. The number of hydrogen-bond acceptors (Lipinski definition) is 8. The van der Waals surface area contributed by atoms with E-state index in [0.717, 1.165) is 29.6 Å². The highest BCUT2D eigenvalue weighted by Crippen LogP contribution is 2.27. The fourth-order valence-electron chi connectivity index (χ4n) is 3.21. The van der Waals surface area contributed by atoms with Crippen LogP contribution in [0.4, 0.5) is 22.7 Å². The number of benzene rings is 3. The van der Waals surface area contributed by atoms with Crippen molar-refractivity contribution in [3.8, 4) is 0 Å². The first-order chi connectivity index (χ1) is 15.8. The van der Waals surface area contributed by atoms with Gasteiger partial charge in [0.15, 0.2) is 5.70 Å². The molecule has 4 rings (SSSR count). The third-order valence-corrected chi connectivity index (χ3v) is 4.92. The van der Waals surface area contributed by atoms with Gasteiger partial charge in [-0.25, -0.2) is 9.79 Å². The number of non-ortho nitro benzene ring substituents is 2. The molecule has 1 heterocycles. The molecule has 0 aliphatic carbocycles. The number of ether oxygens (including phenoxy) is 1. The van der Waals surface area contributed by atoms with Crippen LogP contribution in [0, 0.1) is 20.2 Å². The second-order valence-corrected chi connectivity index (χ2v) is 7.07.